The van der Waals surface area contributed by atoms with E-state index < -0.39 is 17.8 Å². The van der Waals surface area contributed by atoms with Crippen LogP contribution >= 0.6 is 11.6 Å². The zero-order valence-corrected chi connectivity index (χ0v) is 29.3. The second-order valence-electron chi connectivity index (χ2n) is 11.6. The molecule has 0 radical (unpaired) electrons. The Morgan fingerprint density at radius 2 is 1.61 bits per heavy atom. The summed E-state index contributed by atoms with van der Waals surface area (Å²) in [5.74, 6) is -0.243. The number of likely N-dealkylation sites (N-methyl/N-ethyl adjacent to an activating group) is 2. The molecule has 1 aromatic heterocycles. The first kappa shape index (κ1) is 37.1. The van der Waals surface area contributed by atoms with Crippen molar-refractivity contribution < 1.29 is 27.5 Å². The number of hydrogen-bond acceptors (Lipinski definition) is 7. The average Bonchev–Trinajstić information content (AvgIpc) is 3.06. The number of amides is 2. The van der Waals surface area contributed by atoms with Crippen LogP contribution in [0, 0.1) is 20.8 Å². The highest BCUT2D eigenvalue weighted by molar-refractivity contribution is 6.33. The third kappa shape index (κ3) is 9.07. The largest absolute Gasteiger partial charge is 0.420 e. The highest BCUT2D eigenvalue weighted by Crippen LogP contribution is 2.36. The third-order valence-corrected chi connectivity index (χ3v) is 8.82. The normalized spacial score (nSPS) is 11.4. The monoisotopic (exact) mass is 696 g/mol. The molecule has 0 aliphatic rings. The summed E-state index contributed by atoms with van der Waals surface area (Å²) in [7, 11) is 3.01. The molecule has 0 unspecified atom stereocenters. The summed E-state index contributed by atoms with van der Waals surface area (Å²) < 4.78 is 45.8. The molecule has 9 nitrogen and oxygen atoms in total. The number of carbonyl (C=O) groups is 2. The van der Waals surface area contributed by atoms with Crippen molar-refractivity contribution in [3.05, 3.63) is 93.5 Å². The number of anilines is 3. The predicted molar refractivity (Wildman–Crippen MR) is 187 cm³/mol. The molecule has 13 heteroatoms. The van der Waals surface area contributed by atoms with Crippen molar-refractivity contribution in [2.45, 2.75) is 40.8 Å². The standard InChI is InChI=1S/C36H40ClF3N6O3/c1-8-46(9-2)18-17-44(6)33(47)25-11-10-12-27(19-25)41-34-42-30(28-15-13-22(3)23(4)24(28)5)21-32(43-34)49-35(48)45(7)31-20-26(36(38,39)40)14-16-29(31)37/h10-16,19-21H,8-9,17-18H2,1-7H3,(H,41,42,43). The van der Waals surface area contributed by atoms with Gasteiger partial charge in [-0.05, 0) is 86.9 Å². The number of alkyl halides is 3. The van der Waals surface area contributed by atoms with Crippen molar-refractivity contribution in [3.8, 4) is 17.1 Å². The molecule has 1 N–H and O–H groups in total. The maximum atomic E-state index is 13.4. The van der Waals surface area contributed by atoms with Crippen LogP contribution in [0.2, 0.25) is 5.02 Å². The molecule has 0 atom stereocenters. The third-order valence-electron chi connectivity index (χ3n) is 8.50. The molecule has 260 valence electrons. The van der Waals surface area contributed by atoms with Crippen molar-refractivity contribution in [1.29, 1.82) is 0 Å². The second-order valence-corrected chi connectivity index (χ2v) is 12.1. The zero-order valence-electron chi connectivity index (χ0n) is 28.6. The first-order valence-electron chi connectivity index (χ1n) is 15.8. The van der Waals surface area contributed by atoms with Gasteiger partial charge in [0.15, 0.2) is 0 Å². The maximum Gasteiger partial charge on any atom is 0.420 e. The van der Waals surface area contributed by atoms with E-state index in [2.05, 4.69) is 29.0 Å². The minimum Gasteiger partial charge on any atom is -0.391 e. The first-order chi connectivity index (χ1) is 23.1. The minimum atomic E-state index is -4.64. The van der Waals surface area contributed by atoms with Crippen molar-refractivity contribution in [2.75, 3.05) is 50.5 Å². The van der Waals surface area contributed by atoms with Crippen LogP contribution in [0.3, 0.4) is 0 Å². The Bertz CT molecular complexity index is 1830. The first-order valence-corrected chi connectivity index (χ1v) is 16.1. The quantitative estimate of drug-likeness (QED) is 0.168. The van der Waals surface area contributed by atoms with Gasteiger partial charge in [-0.1, -0.05) is 43.6 Å². The molecule has 4 rings (SSSR count). The highest BCUT2D eigenvalue weighted by Gasteiger charge is 2.32. The van der Waals surface area contributed by atoms with Gasteiger partial charge in [-0.3, -0.25) is 9.69 Å². The van der Waals surface area contributed by atoms with Crippen LogP contribution < -0.4 is 15.0 Å². The Balaban J connectivity index is 1.67. The van der Waals surface area contributed by atoms with E-state index in [4.69, 9.17) is 21.3 Å². The predicted octanol–water partition coefficient (Wildman–Crippen LogP) is 8.53. The summed E-state index contributed by atoms with van der Waals surface area (Å²) in [6, 6.07) is 14.9. The lowest BCUT2D eigenvalue weighted by Gasteiger charge is -2.23. The molecule has 4 aromatic rings. The van der Waals surface area contributed by atoms with Gasteiger partial charge >= 0.3 is 12.3 Å². The molecular weight excluding hydrogens is 657 g/mol. The van der Waals surface area contributed by atoms with Crippen LogP contribution in [-0.2, 0) is 6.18 Å². The molecule has 0 saturated heterocycles. The van der Waals surface area contributed by atoms with Crippen molar-refractivity contribution in [1.82, 2.24) is 19.8 Å². The molecule has 0 bridgehead atoms. The SMILES string of the molecule is CCN(CC)CCN(C)C(=O)c1cccc(Nc2nc(OC(=O)N(C)c3cc(C(F)(F)F)ccc3Cl)cc(-c3ccc(C)c(C)c3C)n2)c1. The van der Waals surface area contributed by atoms with E-state index in [1.54, 1.807) is 36.2 Å². The van der Waals surface area contributed by atoms with Crippen LogP contribution in [0.4, 0.5) is 35.3 Å². The van der Waals surface area contributed by atoms with Crippen LogP contribution in [-0.4, -0.2) is 72.0 Å². The Morgan fingerprint density at radius 1 is 0.898 bits per heavy atom. The number of ether oxygens (including phenoxy) is 1. The number of halogens is 4. The fourth-order valence-electron chi connectivity index (χ4n) is 5.12. The summed E-state index contributed by atoms with van der Waals surface area (Å²) in [6.07, 6.45) is -5.66. The molecule has 0 spiro atoms. The molecule has 2 amide bonds. The average molecular weight is 697 g/mol. The number of hydrogen-bond donors (Lipinski definition) is 1. The molecular formula is C36H40ClF3N6O3. The van der Waals surface area contributed by atoms with E-state index in [1.165, 1.54) is 13.1 Å². The number of aryl methyl sites for hydroxylation is 1. The van der Waals surface area contributed by atoms with Gasteiger partial charge in [0.1, 0.15) is 0 Å². The van der Waals surface area contributed by atoms with Gasteiger partial charge in [-0.15, -0.1) is 0 Å². The van der Waals surface area contributed by atoms with E-state index >= 15 is 0 Å². The molecule has 1 heterocycles. The Kier molecular flexibility index (Phi) is 11.9. The lowest BCUT2D eigenvalue weighted by molar-refractivity contribution is -0.137. The summed E-state index contributed by atoms with van der Waals surface area (Å²) in [4.78, 5) is 40.4. The topological polar surface area (TPSA) is 90.9 Å². The van der Waals surface area contributed by atoms with Crippen molar-refractivity contribution in [3.63, 3.8) is 0 Å². The number of benzene rings is 3. The fraction of sp³-hybridized carbons (Fsp3) is 0.333. The molecule has 0 aliphatic heterocycles. The van der Waals surface area contributed by atoms with Crippen LogP contribution in [0.5, 0.6) is 5.88 Å². The molecule has 3 aromatic carbocycles. The van der Waals surface area contributed by atoms with Crippen LogP contribution in [0.25, 0.3) is 11.3 Å². The van der Waals surface area contributed by atoms with Crippen LogP contribution in [0.1, 0.15) is 46.5 Å². The summed E-state index contributed by atoms with van der Waals surface area (Å²) in [5, 5.41) is 3.05. The Hall–Kier alpha value is -4.68. The summed E-state index contributed by atoms with van der Waals surface area (Å²) in [6.45, 7) is 13.2. The molecule has 49 heavy (non-hydrogen) atoms. The van der Waals surface area contributed by atoms with Gasteiger partial charge in [-0.2, -0.15) is 18.2 Å². The Labute approximate surface area is 289 Å². The van der Waals surface area contributed by atoms with Gasteiger partial charge < -0.3 is 19.9 Å². The van der Waals surface area contributed by atoms with E-state index in [0.717, 1.165) is 65.0 Å². The second kappa shape index (κ2) is 15.7. The van der Waals surface area contributed by atoms with E-state index in [0.29, 0.717) is 23.5 Å². The van der Waals surface area contributed by atoms with E-state index in [9.17, 15) is 22.8 Å². The van der Waals surface area contributed by atoms with E-state index in [-0.39, 0.29) is 28.4 Å². The zero-order chi connectivity index (χ0) is 36.0. The van der Waals surface area contributed by atoms with Gasteiger partial charge in [0.2, 0.25) is 11.8 Å². The lowest BCUT2D eigenvalue weighted by Crippen LogP contribution is -2.36. The van der Waals surface area contributed by atoms with Gasteiger partial charge in [0, 0.05) is 50.1 Å². The molecule has 0 fully saturated rings. The lowest BCUT2D eigenvalue weighted by atomic mass is 9.97. The number of carbonyl (C=O) groups excluding carboxylic acids is 2. The van der Waals surface area contributed by atoms with Gasteiger partial charge in [-0.25, -0.2) is 9.78 Å². The Morgan fingerprint density at radius 3 is 2.29 bits per heavy atom. The van der Waals surface area contributed by atoms with Gasteiger partial charge in [0.25, 0.3) is 5.91 Å². The van der Waals surface area contributed by atoms with E-state index in [1.807, 2.05) is 32.9 Å². The minimum absolute atomic E-state index is 0.0668. The summed E-state index contributed by atoms with van der Waals surface area (Å²) >= 11 is 6.17. The highest BCUT2D eigenvalue weighted by atomic mass is 35.5. The summed E-state index contributed by atoms with van der Waals surface area (Å²) in [5.41, 5.74) is 4.11. The van der Waals surface area contributed by atoms with Gasteiger partial charge in [0.05, 0.1) is 22.0 Å². The number of nitrogens with zero attached hydrogens (tertiary/aromatic N) is 5. The fourth-order valence-corrected chi connectivity index (χ4v) is 5.36. The number of nitrogens with one attached hydrogen (secondary N) is 1. The molecule has 0 aliphatic carbocycles. The number of aromatic nitrogens is 2. The maximum absolute atomic E-state index is 13.4. The smallest absolute Gasteiger partial charge is 0.391 e. The van der Waals surface area contributed by atoms with Crippen molar-refractivity contribution in [2.24, 2.45) is 0 Å². The van der Waals surface area contributed by atoms with Crippen LogP contribution in [0.15, 0.2) is 60.7 Å². The molecule has 0 saturated carbocycles. The van der Waals surface area contributed by atoms with Crippen molar-refractivity contribution >= 4 is 40.9 Å². The number of rotatable bonds is 11.